The second-order valence-electron chi connectivity index (χ2n) is 6.85. The molecule has 1 aliphatic heterocycles. The van der Waals surface area contributed by atoms with E-state index in [0.29, 0.717) is 13.2 Å². The maximum Gasteiger partial charge on any atom is 0.315 e. The van der Waals surface area contributed by atoms with Gasteiger partial charge in [0, 0.05) is 24.6 Å². The van der Waals surface area contributed by atoms with E-state index in [4.69, 9.17) is 9.47 Å². The molecule has 23 heavy (non-hydrogen) atoms. The highest BCUT2D eigenvalue weighted by atomic mass is 16.5. The molecule has 2 rings (SSSR count). The number of nitrogens with one attached hydrogen (secondary N) is 2. The van der Waals surface area contributed by atoms with Crippen LogP contribution in [0, 0.1) is 0 Å². The van der Waals surface area contributed by atoms with Crippen molar-refractivity contribution in [3.05, 3.63) is 29.8 Å². The van der Waals surface area contributed by atoms with Gasteiger partial charge in [0.05, 0.1) is 13.2 Å². The Kier molecular flexibility index (Phi) is 5.88. The molecule has 1 heterocycles. The number of hydrogen-bond donors (Lipinski definition) is 2. The fraction of sp³-hybridized carbons (Fsp3) is 0.611. The van der Waals surface area contributed by atoms with Gasteiger partial charge in [0.2, 0.25) is 0 Å². The molecule has 2 atom stereocenters. The molecule has 0 aliphatic carbocycles. The van der Waals surface area contributed by atoms with Crippen LogP contribution in [0.2, 0.25) is 0 Å². The van der Waals surface area contributed by atoms with Crippen molar-refractivity contribution in [1.29, 1.82) is 0 Å². The highest BCUT2D eigenvalue weighted by molar-refractivity contribution is 5.74. The average Bonchev–Trinajstić information content (AvgIpc) is 2.53. The first-order valence-electron chi connectivity index (χ1n) is 8.21. The van der Waals surface area contributed by atoms with E-state index in [2.05, 4.69) is 30.5 Å². The minimum atomic E-state index is -0.172. The Morgan fingerprint density at radius 3 is 2.91 bits per heavy atom. The predicted octanol–water partition coefficient (Wildman–Crippen LogP) is 2.84. The minimum absolute atomic E-state index is 0.111. The van der Waals surface area contributed by atoms with Crippen LogP contribution in [0.15, 0.2) is 24.3 Å². The lowest BCUT2D eigenvalue weighted by atomic mass is 9.84. The van der Waals surface area contributed by atoms with Crippen molar-refractivity contribution in [1.82, 2.24) is 10.6 Å². The average molecular weight is 320 g/mol. The molecule has 1 aromatic carbocycles. The summed E-state index contributed by atoms with van der Waals surface area (Å²) in [6, 6.07) is 8.05. The van der Waals surface area contributed by atoms with Crippen LogP contribution in [0.3, 0.4) is 0 Å². The summed E-state index contributed by atoms with van der Waals surface area (Å²) >= 11 is 0. The molecule has 1 fully saturated rings. The highest BCUT2D eigenvalue weighted by Gasteiger charge is 2.24. The van der Waals surface area contributed by atoms with Crippen LogP contribution in [0.4, 0.5) is 4.79 Å². The van der Waals surface area contributed by atoms with Crippen LogP contribution in [-0.2, 0) is 10.2 Å². The zero-order valence-corrected chi connectivity index (χ0v) is 14.5. The normalized spacial score (nSPS) is 21.6. The number of methoxy groups -OCH3 is 1. The van der Waals surface area contributed by atoms with Crippen LogP contribution >= 0.6 is 0 Å². The SMILES string of the molecule is COc1cccc(C(C)(C)CNC(=O)NC2CCOC(C)C2)c1. The molecule has 0 radical (unpaired) electrons. The molecule has 128 valence electrons. The van der Waals surface area contributed by atoms with Gasteiger partial charge in [-0.2, -0.15) is 0 Å². The highest BCUT2D eigenvalue weighted by Crippen LogP contribution is 2.25. The van der Waals surface area contributed by atoms with Gasteiger partial charge in [-0.25, -0.2) is 4.79 Å². The molecule has 5 nitrogen and oxygen atoms in total. The van der Waals surface area contributed by atoms with Gasteiger partial charge in [-0.3, -0.25) is 0 Å². The summed E-state index contributed by atoms with van der Waals surface area (Å²) in [5, 5.41) is 6.03. The molecule has 2 unspecified atom stereocenters. The topological polar surface area (TPSA) is 59.6 Å². The number of benzene rings is 1. The van der Waals surface area contributed by atoms with Gasteiger partial charge in [0.15, 0.2) is 0 Å². The quantitative estimate of drug-likeness (QED) is 0.877. The van der Waals surface area contributed by atoms with E-state index in [0.717, 1.165) is 24.2 Å². The van der Waals surface area contributed by atoms with E-state index >= 15 is 0 Å². The Labute approximate surface area is 138 Å². The van der Waals surface area contributed by atoms with Crippen molar-refractivity contribution in [2.24, 2.45) is 0 Å². The van der Waals surface area contributed by atoms with E-state index in [-0.39, 0.29) is 23.6 Å². The molecule has 1 aliphatic rings. The van der Waals surface area contributed by atoms with Gasteiger partial charge in [-0.05, 0) is 37.5 Å². The molecule has 5 heteroatoms. The standard InChI is InChI=1S/C18H28N2O3/c1-13-10-15(8-9-23-13)20-17(21)19-12-18(2,3)14-6-5-7-16(11-14)22-4/h5-7,11,13,15H,8-10,12H2,1-4H3,(H2,19,20,21). The lowest BCUT2D eigenvalue weighted by Gasteiger charge is -2.29. The van der Waals surface area contributed by atoms with Crippen molar-refractivity contribution in [2.45, 2.75) is 51.2 Å². The summed E-state index contributed by atoms with van der Waals surface area (Å²) in [5.41, 5.74) is 0.964. The molecule has 1 saturated heterocycles. The summed E-state index contributed by atoms with van der Waals surface area (Å²) in [7, 11) is 1.66. The van der Waals surface area contributed by atoms with E-state index < -0.39 is 0 Å². The Bertz CT molecular complexity index is 531. The second kappa shape index (κ2) is 7.68. The van der Waals surface area contributed by atoms with E-state index in [9.17, 15) is 4.79 Å². The first-order valence-corrected chi connectivity index (χ1v) is 8.21. The van der Waals surface area contributed by atoms with Crippen LogP contribution < -0.4 is 15.4 Å². The Hall–Kier alpha value is -1.75. The molecule has 0 spiro atoms. The summed E-state index contributed by atoms with van der Waals surface area (Å²) < 4.78 is 10.8. The summed E-state index contributed by atoms with van der Waals surface area (Å²) in [5.74, 6) is 0.830. The van der Waals surface area contributed by atoms with E-state index in [1.807, 2.05) is 25.1 Å². The maximum absolute atomic E-state index is 12.1. The van der Waals surface area contributed by atoms with Gasteiger partial charge in [-0.1, -0.05) is 26.0 Å². The van der Waals surface area contributed by atoms with Crippen LogP contribution in [0.5, 0.6) is 5.75 Å². The van der Waals surface area contributed by atoms with Gasteiger partial charge in [0.25, 0.3) is 0 Å². The molecule has 1 aromatic rings. The van der Waals surface area contributed by atoms with Crippen molar-refractivity contribution < 1.29 is 14.3 Å². The maximum atomic E-state index is 12.1. The number of carbonyl (C=O) groups is 1. The lowest BCUT2D eigenvalue weighted by molar-refractivity contribution is 0.0154. The summed E-state index contributed by atoms with van der Waals surface area (Å²) in [4.78, 5) is 12.1. The first-order chi connectivity index (χ1) is 10.9. The Morgan fingerprint density at radius 1 is 1.43 bits per heavy atom. The Balaban J connectivity index is 1.86. The molecule has 0 bridgehead atoms. The van der Waals surface area contributed by atoms with Crippen LogP contribution in [0.25, 0.3) is 0 Å². The zero-order valence-electron chi connectivity index (χ0n) is 14.5. The number of hydrogen-bond acceptors (Lipinski definition) is 3. The zero-order chi connectivity index (χ0) is 16.9. The van der Waals surface area contributed by atoms with Gasteiger partial charge in [-0.15, -0.1) is 0 Å². The van der Waals surface area contributed by atoms with Crippen LogP contribution in [-0.4, -0.2) is 38.4 Å². The Morgan fingerprint density at radius 2 is 2.22 bits per heavy atom. The van der Waals surface area contributed by atoms with Crippen molar-refractivity contribution >= 4 is 6.03 Å². The van der Waals surface area contributed by atoms with Crippen LogP contribution in [0.1, 0.15) is 39.2 Å². The molecule has 2 amide bonds. The molecule has 0 saturated carbocycles. The molecular formula is C18H28N2O3. The van der Waals surface area contributed by atoms with Gasteiger partial charge < -0.3 is 20.1 Å². The monoisotopic (exact) mass is 320 g/mol. The molecule has 2 N–H and O–H groups in total. The van der Waals surface area contributed by atoms with E-state index in [1.54, 1.807) is 7.11 Å². The number of rotatable bonds is 5. The molecule has 0 aromatic heterocycles. The number of amides is 2. The largest absolute Gasteiger partial charge is 0.497 e. The lowest BCUT2D eigenvalue weighted by Crippen LogP contribution is -2.48. The van der Waals surface area contributed by atoms with E-state index in [1.165, 1.54) is 0 Å². The fourth-order valence-corrected chi connectivity index (χ4v) is 2.81. The number of urea groups is 1. The van der Waals surface area contributed by atoms with Crippen molar-refractivity contribution in [3.63, 3.8) is 0 Å². The first kappa shape index (κ1) is 17.6. The van der Waals surface area contributed by atoms with Crippen molar-refractivity contribution in [2.75, 3.05) is 20.3 Å². The van der Waals surface area contributed by atoms with Gasteiger partial charge >= 0.3 is 6.03 Å². The third-order valence-electron chi connectivity index (χ3n) is 4.36. The molecular weight excluding hydrogens is 292 g/mol. The predicted molar refractivity (Wildman–Crippen MR) is 91.0 cm³/mol. The van der Waals surface area contributed by atoms with Gasteiger partial charge in [0.1, 0.15) is 5.75 Å². The number of carbonyl (C=O) groups excluding carboxylic acids is 1. The fourth-order valence-electron chi connectivity index (χ4n) is 2.81. The smallest absolute Gasteiger partial charge is 0.315 e. The minimum Gasteiger partial charge on any atom is -0.497 e. The third-order valence-corrected chi connectivity index (χ3v) is 4.36. The third kappa shape index (κ3) is 5.13. The summed E-state index contributed by atoms with van der Waals surface area (Å²) in [6.07, 6.45) is 1.95. The number of ether oxygens (including phenoxy) is 2. The second-order valence-corrected chi connectivity index (χ2v) is 6.85. The summed E-state index contributed by atoms with van der Waals surface area (Å²) in [6.45, 7) is 7.53. The van der Waals surface area contributed by atoms with Crippen molar-refractivity contribution in [3.8, 4) is 5.75 Å².